The molecule has 0 radical (unpaired) electrons. The molecule has 1 heterocycles. The molecule has 0 spiro atoms. The van der Waals surface area contributed by atoms with Crippen LogP contribution >= 0.6 is 0 Å². The molecular weight excluding hydrogens is 390 g/mol. The quantitative estimate of drug-likeness (QED) is 0.517. The van der Waals surface area contributed by atoms with Gasteiger partial charge in [0.1, 0.15) is 0 Å². The number of hydrogen-bond acceptors (Lipinski definition) is 5. The van der Waals surface area contributed by atoms with Crippen LogP contribution in [0, 0.1) is 6.57 Å². The first-order chi connectivity index (χ1) is 14.9. The zero-order valence-electron chi connectivity index (χ0n) is 18.4. The van der Waals surface area contributed by atoms with E-state index in [1.807, 2.05) is 48.3 Å². The Morgan fingerprint density at radius 3 is 2.39 bits per heavy atom. The van der Waals surface area contributed by atoms with E-state index in [2.05, 4.69) is 9.74 Å². The first-order valence-electron chi connectivity index (χ1n) is 10.7. The summed E-state index contributed by atoms with van der Waals surface area (Å²) < 4.78 is 4.74. The van der Waals surface area contributed by atoms with Gasteiger partial charge in [0.2, 0.25) is 0 Å². The van der Waals surface area contributed by atoms with Gasteiger partial charge in [-0.25, -0.2) is 9.64 Å². The molecule has 2 aromatic carbocycles. The van der Waals surface area contributed by atoms with E-state index in [-0.39, 0.29) is 5.97 Å². The van der Waals surface area contributed by atoms with Crippen LogP contribution in [0.5, 0.6) is 0 Å². The van der Waals surface area contributed by atoms with Crippen molar-refractivity contribution in [2.75, 3.05) is 45.2 Å². The van der Waals surface area contributed by atoms with Gasteiger partial charge in [0, 0.05) is 32.4 Å². The Morgan fingerprint density at radius 2 is 1.81 bits per heavy atom. The second-order valence-corrected chi connectivity index (χ2v) is 8.34. The number of rotatable bonds is 8. The van der Waals surface area contributed by atoms with Crippen LogP contribution < -0.4 is 4.90 Å². The summed E-state index contributed by atoms with van der Waals surface area (Å²) in [5.74, 6) is -0.347. The van der Waals surface area contributed by atoms with Crippen LogP contribution in [-0.4, -0.2) is 61.9 Å². The lowest BCUT2D eigenvalue weighted by atomic mass is 9.90. The number of ether oxygens (including phenoxy) is 1. The maximum Gasteiger partial charge on any atom is 0.337 e. The molecule has 2 aromatic rings. The minimum atomic E-state index is -0.706. The minimum Gasteiger partial charge on any atom is -0.465 e. The number of carbonyl (C=O) groups is 1. The number of hydrogen-bond donors (Lipinski definition) is 1. The number of aryl methyl sites for hydroxylation is 1. The highest BCUT2D eigenvalue weighted by Crippen LogP contribution is 2.26. The fourth-order valence-electron chi connectivity index (χ4n) is 4.10. The zero-order valence-corrected chi connectivity index (χ0v) is 18.4. The molecule has 6 heteroatoms. The van der Waals surface area contributed by atoms with E-state index in [9.17, 15) is 9.90 Å². The van der Waals surface area contributed by atoms with Crippen LogP contribution in [0.25, 0.3) is 4.85 Å². The summed E-state index contributed by atoms with van der Waals surface area (Å²) in [7, 11) is 3.34. The third-order valence-corrected chi connectivity index (χ3v) is 6.05. The van der Waals surface area contributed by atoms with Gasteiger partial charge in [-0.1, -0.05) is 29.8 Å². The molecule has 31 heavy (non-hydrogen) atoms. The summed E-state index contributed by atoms with van der Waals surface area (Å²) >= 11 is 0. The Morgan fingerprint density at radius 1 is 1.16 bits per heavy atom. The number of likely N-dealkylation sites (N-methyl/N-ethyl adjacent to an activating group) is 1. The van der Waals surface area contributed by atoms with Crippen LogP contribution in [0.3, 0.4) is 0 Å². The monoisotopic (exact) mass is 421 g/mol. The summed E-state index contributed by atoms with van der Waals surface area (Å²) in [6.07, 6.45) is 3.57. The normalized spacial score (nSPS) is 15.8. The summed E-state index contributed by atoms with van der Waals surface area (Å²) in [4.78, 5) is 19.5. The van der Waals surface area contributed by atoms with Crippen molar-refractivity contribution in [3.63, 3.8) is 0 Å². The summed E-state index contributed by atoms with van der Waals surface area (Å²) in [5.41, 5.74) is 2.73. The molecule has 0 bridgehead atoms. The Labute approximate surface area is 184 Å². The second kappa shape index (κ2) is 10.4. The number of esters is 1. The summed E-state index contributed by atoms with van der Waals surface area (Å²) in [6, 6.07) is 15.1. The highest BCUT2D eigenvalue weighted by atomic mass is 16.5. The Bertz CT molecular complexity index is 895. The SMILES string of the molecule is [C-]#[N+]c1ccc(CCCN2CCC(O)(CN(C)c3ccc(C(=O)OC)cc3)CC2)cc1. The van der Waals surface area contributed by atoms with Gasteiger partial charge in [0.15, 0.2) is 5.69 Å². The summed E-state index contributed by atoms with van der Waals surface area (Å²) in [5, 5.41) is 11.1. The highest BCUT2D eigenvalue weighted by Gasteiger charge is 2.33. The number of likely N-dealkylation sites (tertiary alicyclic amines) is 1. The van der Waals surface area contributed by atoms with Crippen LogP contribution in [-0.2, 0) is 11.2 Å². The predicted molar refractivity (Wildman–Crippen MR) is 123 cm³/mol. The van der Waals surface area contributed by atoms with Crippen LogP contribution in [0.1, 0.15) is 35.2 Å². The molecule has 0 amide bonds. The largest absolute Gasteiger partial charge is 0.465 e. The highest BCUT2D eigenvalue weighted by molar-refractivity contribution is 5.89. The molecule has 0 unspecified atom stereocenters. The number of anilines is 1. The lowest BCUT2D eigenvalue weighted by molar-refractivity contribution is -0.0141. The Kier molecular flexibility index (Phi) is 7.67. The number of aliphatic hydroxyl groups is 1. The van der Waals surface area contributed by atoms with E-state index < -0.39 is 5.60 Å². The Balaban J connectivity index is 1.43. The number of benzene rings is 2. The lowest BCUT2D eigenvalue weighted by Crippen LogP contribution is -2.50. The topological polar surface area (TPSA) is 57.4 Å². The maximum atomic E-state index is 11.6. The van der Waals surface area contributed by atoms with Gasteiger partial charge in [-0.3, -0.25) is 0 Å². The fourth-order valence-corrected chi connectivity index (χ4v) is 4.10. The lowest BCUT2D eigenvalue weighted by Gasteiger charge is -2.40. The van der Waals surface area contributed by atoms with Crippen LogP contribution in [0.2, 0.25) is 0 Å². The van der Waals surface area contributed by atoms with Crippen LogP contribution in [0.15, 0.2) is 48.5 Å². The van der Waals surface area contributed by atoms with Crippen LogP contribution in [0.4, 0.5) is 11.4 Å². The first-order valence-corrected chi connectivity index (χ1v) is 10.7. The molecule has 0 atom stereocenters. The number of carbonyl (C=O) groups excluding carboxylic acids is 1. The Hall–Kier alpha value is -2.88. The van der Waals surface area contributed by atoms with Crippen molar-refractivity contribution in [2.24, 2.45) is 0 Å². The molecule has 1 fully saturated rings. The van der Waals surface area contributed by atoms with E-state index in [4.69, 9.17) is 11.3 Å². The maximum absolute atomic E-state index is 11.6. The average molecular weight is 422 g/mol. The molecule has 1 N–H and O–H groups in total. The van der Waals surface area contributed by atoms with Crippen molar-refractivity contribution in [2.45, 2.75) is 31.3 Å². The van der Waals surface area contributed by atoms with Gasteiger partial charge in [0.25, 0.3) is 0 Å². The predicted octanol–water partition coefficient (Wildman–Crippen LogP) is 3.92. The summed E-state index contributed by atoms with van der Waals surface area (Å²) in [6.45, 7) is 10.4. The van der Waals surface area contributed by atoms with Crippen molar-refractivity contribution in [1.82, 2.24) is 4.90 Å². The molecule has 3 rings (SSSR count). The standard InChI is InChI=1S/C25H31N3O3/c1-26-22-10-6-20(7-11-22)5-4-16-28-17-14-25(30,15-18-28)19-27(2)23-12-8-21(9-13-23)24(29)31-3/h6-13,30H,4-5,14-19H2,2-3H3. The molecule has 6 nitrogen and oxygen atoms in total. The van der Waals surface area contributed by atoms with Crippen molar-refractivity contribution < 1.29 is 14.6 Å². The molecule has 0 aromatic heterocycles. The fraction of sp³-hybridized carbons (Fsp3) is 0.440. The van der Waals surface area contributed by atoms with Crippen molar-refractivity contribution in [3.8, 4) is 0 Å². The molecule has 0 aliphatic carbocycles. The van der Waals surface area contributed by atoms with E-state index in [1.165, 1.54) is 12.7 Å². The van der Waals surface area contributed by atoms with Crippen molar-refractivity contribution in [1.29, 1.82) is 0 Å². The third kappa shape index (κ3) is 6.30. The van der Waals surface area contributed by atoms with E-state index >= 15 is 0 Å². The number of piperidine rings is 1. The minimum absolute atomic E-state index is 0.347. The smallest absolute Gasteiger partial charge is 0.337 e. The van der Waals surface area contributed by atoms with Crippen molar-refractivity contribution >= 4 is 17.3 Å². The average Bonchev–Trinajstić information content (AvgIpc) is 2.80. The molecule has 1 saturated heterocycles. The second-order valence-electron chi connectivity index (χ2n) is 8.34. The first kappa shape index (κ1) is 22.8. The molecule has 0 saturated carbocycles. The number of methoxy groups -OCH3 is 1. The van der Waals surface area contributed by atoms with Crippen molar-refractivity contribution in [3.05, 3.63) is 71.1 Å². The van der Waals surface area contributed by atoms with Gasteiger partial charge in [-0.15, -0.1) is 0 Å². The molecule has 1 aliphatic rings. The van der Waals surface area contributed by atoms with Gasteiger partial charge in [-0.2, -0.15) is 0 Å². The van der Waals surface area contributed by atoms with Gasteiger partial charge in [-0.05, 0) is 56.5 Å². The zero-order chi connectivity index (χ0) is 22.3. The third-order valence-electron chi connectivity index (χ3n) is 6.05. The number of nitrogens with zero attached hydrogens (tertiary/aromatic N) is 3. The molecule has 1 aliphatic heterocycles. The van der Waals surface area contributed by atoms with E-state index in [1.54, 1.807) is 12.1 Å². The van der Waals surface area contributed by atoms with Gasteiger partial charge in [0.05, 0.1) is 24.8 Å². The van der Waals surface area contributed by atoms with E-state index in [0.717, 1.165) is 51.0 Å². The molecule has 164 valence electrons. The van der Waals surface area contributed by atoms with Gasteiger partial charge < -0.3 is 19.6 Å². The molecular formula is C25H31N3O3. The van der Waals surface area contributed by atoms with Gasteiger partial charge >= 0.3 is 5.97 Å². The van der Waals surface area contributed by atoms with E-state index in [0.29, 0.717) is 17.8 Å².